The molecule has 6 nitrogen and oxygen atoms in total. The Morgan fingerprint density at radius 1 is 1.12 bits per heavy atom. The quantitative estimate of drug-likeness (QED) is 0.682. The number of oxazole rings is 1. The van der Waals surface area contributed by atoms with Gasteiger partial charge in [-0.1, -0.05) is 12.1 Å². The van der Waals surface area contributed by atoms with Crippen molar-refractivity contribution in [3.63, 3.8) is 0 Å². The van der Waals surface area contributed by atoms with Crippen LogP contribution in [-0.4, -0.2) is 28.3 Å². The molecule has 3 N–H and O–H groups in total. The molecular weight excluding hydrogens is 318 g/mol. The Labute approximate surface area is 144 Å². The zero-order valence-electron chi connectivity index (χ0n) is 13.6. The molecule has 3 aromatic rings. The third kappa shape index (κ3) is 3.34. The third-order valence-corrected chi connectivity index (χ3v) is 4.48. The molecule has 1 fully saturated rings. The molecule has 128 valence electrons. The van der Waals surface area contributed by atoms with Crippen molar-refractivity contribution >= 4 is 22.8 Å². The third-order valence-electron chi connectivity index (χ3n) is 4.48. The predicted molar refractivity (Wildman–Crippen MR) is 95.2 cm³/mol. The van der Waals surface area contributed by atoms with Gasteiger partial charge in [0.25, 0.3) is 0 Å². The lowest BCUT2D eigenvalue weighted by molar-refractivity contribution is 0.151. The smallest absolute Gasteiger partial charge is 0.319 e. The number of aliphatic hydroxyl groups excluding tert-OH is 1. The van der Waals surface area contributed by atoms with Gasteiger partial charge in [0.15, 0.2) is 5.58 Å². The minimum atomic E-state index is -0.452. The summed E-state index contributed by atoms with van der Waals surface area (Å²) >= 11 is 0. The van der Waals surface area contributed by atoms with Crippen LogP contribution in [0.15, 0.2) is 52.9 Å². The van der Waals surface area contributed by atoms with E-state index in [1.165, 1.54) is 0 Å². The van der Waals surface area contributed by atoms with E-state index in [-0.39, 0.29) is 12.1 Å². The van der Waals surface area contributed by atoms with Gasteiger partial charge in [-0.05, 0) is 55.7 Å². The average Bonchev–Trinajstić information content (AvgIpc) is 3.22. The van der Waals surface area contributed by atoms with Gasteiger partial charge in [-0.15, -0.1) is 0 Å². The van der Waals surface area contributed by atoms with Crippen LogP contribution < -0.4 is 10.6 Å². The van der Waals surface area contributed by atoms with Crippen LogP contribution in [0.2, 0.25) is 0 Å². The number of hydrogen-bond acceptors (Lipinski definition) is 4. The molecule has 0 radical (unpaired) electrons. The van der Waals surface area contributed by atoms with Crippen LogP contribution in [0.4, 0.5) is 10.5 Å². The molecule has 6 heteroatoms. The van der Waals surface area contributed by atoms with Crippen LogP contribution in [-0.2, 0) is 0 Å². The maximum absolute atomic E-state index is 12.0. The Hall–Kier alpha value is -2.86. The number of aromatic nitrogens is 1. The number of carbonyl (C=O) groups is 1. The minimum Gasteiger partial charge on any atom is -0.436 e. The summed E-state index contributed by atoms with van der Waals surface area (Å²) in [6, 6.07) is 14.4. The number of para-hydroxylation sites is 2. The van der Waals surface area contributed by atoms with Crippen LogP contribution in [0.5, 0.6) is 0 Å². The second kappa shape index (κ2) is 6.57. The van der Waals surface area contributed by atoms with E-state index < -0.39 is 6.10 Å². The topological polar surface area (TPSA) is 87.4 Å². The van der Waals surface area contributed by atoms with Gasteiger partial charge >= 0.3 is 6.03 Å². The monoisotopic (exact) mass is 337 g/mol. The van der Waals surface area contributed by atoms with E-state index in [4.69, 9.17) is 4.42 Å². The number of hydrogen-bond donors (Lipinski definition) is 3. The number of fused-ring (bicyclic) bond motifs is 1. The molecule has 2 unspecified atom stereocenters. The Balaban J connectivity index is 1.43. The van der Waals surface area contributed by atoms with E-state index in [0.29, 0.717) is 11.6 Å². The lowest BCUT2D eigenvalue weighted by atomic mass is 10.2. The fraction of sp³-hybridized carbons (Fsp3) is 0.263. The maximum atomic E-state index is 12.0. The summed E-state index contributed by atoms with van der Waals surface area (Å²) in [6.07, 6.45) is 2.04. The van der Waals surface area contributed by atoms with Gasteiger partial charge in [-0.2, -0.15) is 0 Å². The molecule has 2 atom stereocenters. The largest absolute Gasteiger partial charge is 0.436 e. The van der Waals surface area contributed by atoms with E-state index in [2.05, 4.69) is 15.6 Å². The van der Waals surface area contributed by atoms with Crippen LogP contribution in [0, 0.1) is 0 Å². The fourth-order valence-electron chi connectivity index (χ4n) is 3.14. The highest BCUT2D eigenvalue weighted by atomic mass is 16.3. The second-order valence-electron chi connectivity index (χ2n) is 6.27. The number of benzene rings is 2. The molecule has 25 heavy (non-hydrogen) atoms. The highest BCUT2D eigenvalue weighted by Gasteiger charge is 2.26. The highest BCUT2D eigenvalue weighted by molar-refractivity contribution is 5.89. The molecule has 1 aliphatic rings. The number of rotatable bonds is 3. The summed E-state index contributed by atoms with van der Waals surface area (Å²) in [7, 11) is 0. The second-order valence-corrected chi connectivity index (χ2v) is 6.27. The fourth-order valence-corrected chi connectivity index (χ4v) is 3.14. The van der Waals surface area contributed by atoms with E-state index in [1.807, 2.05) is 36.4 Å². The molecule has 2 amide bonds. The standard InChI is InChI=1S/C19H19N3O3/c23-16-6-3-5-14(16)22-19(24)20-13-10-8-12(9-11-13)18-21-15-4-1-2-7-17(15)25-18/h1-2,4,7-11,14,16,23H,3,5-6H2,(H2,20,22,24). The van der Waals surface area contributed by atoms with Gasteiger partial charge in [0.05, 0.1) is 12.1 Å². The lowest BCUT2D eigenvalue weighted by Crippen LogP contribution is -2.42. The summed E-state index contributed by atoms with van der Waals surface area (Å²) in [4.78, 5) is 16.5. The zero-order valence-corrected chi connectivity index (χ0v) is 13.6. The van der Waals surface area contributed by atoms with Gasteiger partial charge in [0.2, 0.25) is 5.89 Å². The first-order valence-electron chi connectivity index (χ1n) is 8.41. The van der Waals surface area contributed by atoms with Crippen molar-refractivity contribution in [3.05, 3.63) is 48.5 Å². The SMILES string of the molecule is O=C(Nc1ccc(-c2nc3ccccc3o2)cc1)NC1CCCC1O. The van der Waals surface area contributed by atoms with Crippen LogP contribution in [0.25, 0.3) is 22.6 Å². The number of aliphatic hydroxyl groups is 1. The van der Waals surface area contributed by atoms with E-state index in [9.17, 15) is 9.90 Å². The van der Waals surface area contributed by atoms with Gasteiger partial charge in [0.1, 0.15) is 5.52 Å². The zero-order chi connectivity index (χ0) is 17.2. The minimum absolute atomic E-state index is 0.168. The first-order chi connectivity index (χ1) is 12.2. The van der Waals surface area contributed by atoms with E-state index in [1.54, 1.807) is 12.1 Å². The Morgan fingerprint density at radius 3 is 2.64 bits per heavy atom. The number of nitrogens with one attached hydrogen (secondary N) is 2. The number of amides is 2. The van der Waals surface area contributed by atoms with E-state index >= 15 is 0 Å². The molecule has 2 aromatic carbocycles. The first-order valence-corrected chi connectivity index (χ1v) is 8.41. The normalized spacial score (nSPS) is 19.9. The van der Waals surface area contributed by atoms with Crippen molar-refractivity contribution in [2.75, 3.05) is 5.32 Å². The molecular formula is C19H19N3O3. The van der Waals surface area contributed by atoms with E-state index in [0.717, 1.165) is 35.9 Å². The molecule has 0 spiro atoms. The summed E-state index contributed by atoms with van der Waals surface area (Å²) in [5.41, 5.74) is 3.07. The molecule has 1 saturated carbocycles. The van der Waals surface area contributed by atoms with Crippen LogP contribution in [0.1, 0.15) is 19.3 Å². The van der Waals surface area contributed by atoms with Gasteiger partial charge in [-0.3, -0.25) is 0 Å². The highest BCUT2D eigenvalue weighted by Crippen LogP contribution is 2.25. The summed E-state index contributed by atoms with van der Waals surface area (Å²) < 4.78 is 5.74. The van der Waals surface area contributed by atoms with Crippen molar-refractivity contribution < 1.29 is 14.3 Å². The van der Waals surface area contributed by atoms with Crippen LogP contribution in [0.3, 0.4) is 0 Å². The number of carbonyl (C=O) groups excluding carboxylic acids is 1. The molecule has 0 bridgehead atoms. The number of anilines is 1. The van der Waals surface area contributed by atoms with Crippen LogP contribution >= 0.6 is 0 Å². The Bertz CT molecular complexity index is 855. The summed E-state index contributed by atoms with van der Waals surface area (Å²) in [6.45, 7) is 0. The molecule has 0 saturated heterocycles. The Morgan fingerprint density at radius 2 is 1.92 bits per heavy atom. The van der Waals surface area contributed by atoms with Crippen molar-refractivity contribution in [2.24, 2.45) is 0 Å². The Kier molecular flexibility index (Phi) is 4.11. The van der Waals surface area contributed by atoms with Crippen molar-refractivity contribution in [1.82, 2.24) is 10.3 Å². The summed E-state index contributed by atoms with van der Waals surface area (Å²) in [5, 5.41) is 15.4. The summed E-state index contributed by atoms with van der Waals surface area (Å²) in [5.74, 6) is 0.547. The first kappa shape index (κ1) is 15.7. The van der Waals surface area contributed by atoms with Gasteiger partial charge in [0, 0.05) is 11.3 Å². The molecule has 1 aliphatic carbocycles. The van der Waals surface area contributed by atoms with Gasteiger partial charge in [-0.25, -0.2) is 9.78 Å². The maximum Gasteiger partial charge on any atom is 0.319 e. The average molecular weight is 337 g/mol. The predicted octanol–water partition coefficient (Wildman–Crippen LogP) is 3.53. The molecule has 4 rings (SSSR count). The van der Waals surface area contributed by atoms with Gasteiger partial charge < -0.3 is 20.2 Å². The molecule has 0 aliphatic heterocycles. The number of urea groups is 1. The molecule has 1 aromatic heterocycles. The van der Waals surface area contributed by atoms with Crippen molar-refractivity contribution in [1.29, 1.82) is 0 Å². The number of nitrogens with zero attached hydrogens (tertiary/aromatic N) is 1. The lowest BCUT2D eigenvalue weighted by Gasteiger charge is -2.16. The van der Waals surface area contributed by atoms with Crippen molar-refractivity contribution in [3.8, 4) is 11.5 Å². The van der Waals surface area contributed by atoms with Crippen molar-refractivity contribution in [2.45, 2.75) is 31.4 Å². The molecule has 1 heterocycles.